The smallest absolute Gasteiger partial charge is 0.119 e. The molecule has 0 heterocycles. The van der Waals surface area contributed by atoms with Gasteiger partial charge in [-0.3, -0.25) is 0 Å². The fraction of sp³-hybridized carbons (Fsp3) is 0.571. The molecule has 0 amide bonds. The van der Waals surface area contributed by atoms with Crippen LogP contribution in [0.1, 0.15) is 31.4 Å². The standard InChI is InChI=1S/C9H12O.C5H12O/c1-7-4-8(2)6-9(5-7)10-3;1-3-5(2)4-6/h4-6H,1-3H3;5-6H,3-4H2,1-2H3. The van der Waals surface area contributed by atoms with Gasteiger partial charge in [0.15, 0.2) is 0 Å². The zero-order chi connectivity index (χ0) is 12.6. The highest BCUT2D eigenvalue weighted by atomic mass is 16.5. The summed E-state index contributed by atoms with van der Waals surface area (Å²) in [7, 11) is 1.69. The first kappa shape index (κ1) is 15.0. The zero-order valence-corrected chi connectivity index (χ0v) is 11.1. The Labute approximate surface area is 99.3 Å². The Morgan fingerprint density at radius 1 is 1.19 bits per heavy atom. The highest BCUT2D eigenvalue weighted by Crippen LogP contribution is 2.14. The van der Waals surface area contributed by atoms with E-state index >= 15 is 0 Å². The molecule has 1 aromatic rings. The van der Waals surface area contributed by atoms with Crippen LogP contribution in [0, 0.1) is 19.8 Å². The van der Waals surface area contributed by atoms with Gasteiger partial charge in [0.25, 0.3) is 0 Å². The molecule has 0 fully saturated rings. The van der Waals surface area contributed by atoms with Gasteiger partial charge in [0.1, 0.15) is 5.75 Å². The number of benzene rings is 1. The van der Waals surface area contributed by atoms with Crippen LogP contribution in [0.2, 0.25) is 0 Å². The minimum Gasteiger partial charge on any atom is -0.497 e. The van der Waals surface area contributed by atoms with E-state index in [1.54, 1.807) is 7.11 Å². The first-order chi connectivity index (χ1) is 7.53. The fourth-order valence-electron chi connectivity index (χ4n) is 1.18. The molecule has 2 nitrogen and oxygen atoms in total. The number of methoxy groups -OCH3 is 1. The third-order valence-corrected chi connectivity index (χ3v) is 2.44. The maximum atomic E-state index is 8.33. The molecule has 0 saturated heterocycles. The summed E-state index contributed by atoms with van der Waals surface area (Å²) in [6, 6.07) is 6.17. The number of aliphatic hydroxyl groups excluding tert-OH is 1. The van der Waals surface area contributed by atoms with Crippen LogP contribution in [0.4, 0.5) is 0 Å². The second-order valence-electron chi connectivity index (χ2n) is 4.22. The van der Waals surface area contributed by atoms with Gasteiger partial charge in [-0.15, -0.1) is 0 Å². The molecule has 1 rings (SSSR count). The number of aliphatic hydroxyl groups is 1. The summed E-state index contributed by atoms with van der Waals surface area (Å²) < 4.78 is 5.08. The molecule has 0 spiro atoms. The molecular weight excluding hydrogens is 200 g/mol. The number of rotatable bonds is 3. The molecule has 1 atom stereocenters. The minimum absolute atomic E-state index is 0.330. The lowest BCUT2D eigenvalue weighted by Gasteiger charge is -2.01. The summed E-state index contributed by atoms with van der Waals surface area (Å²) in [6.45, 7) is 8.56. The van der Waals surface area contributed by atoms with Crippen LogP contribution in [0.5, 0.6) is 5.75 Å². The topological polar surface area (TPSA) is 29.5 Å². The van der Waals surface area contributed by atoms with Crippen LogP contribution >= 0.6 is 0 Å². The van der Waals surface area contributed by atoms with Gasteiger partial charge in [0.2, 0.25) is 0 Å². The van der Waals surface area contributed by atoms with E-state index in [0.717, 1.165) is 12.2 Å². The van der Waals surface area contributed by atoms with E-state index in [1.165, 1.54) is 11.1 Å². The molecule has 92 valence electrons. The van der Waals surface area contributed by atoms with Crippen LogP contribution in [-0.4, -0.2) is 18.8 Å². The second kappa shape index (κ2) is 8.17. The molecule has 1 unspecified atom stereocenters. The van der Waals surface area contributed by atoms with E-state index in [2.05, 4.69) is 26.8 Å². The maximum Gasteiger partial charge on any atom is 0.119 e. The van der Waals surface area contributed by atoms with Crippen molar-refractivity contribution in [1.29, 1.82) is 0 Å². The molecule has 2 heteroatoms. The van der Waals surface area contributed by atoms with Gasteiger partial charge in [-0.05, 0) is 43.0 Å². The molecular formula is C14H24O2. The average Bonchev–Trinajstić information content (AvgIpc) is 2.27. The first-order valence-corrected chi connectivity index (χ1v) is 5.76. The quantitative estimate of drug-likeness (QED) is 0.853. The van der Waals surface area contributed by atoms with E-state index < -0.39 is 0 Å². The van der Waals surface area contributed by atoms with Gasteiger partial charge in [-0.1, -0.05) is 26.3 Å². The van der Waals surface area contributed by atoms with Crippen molar-refractivity contribution in [2.45, 2.75) is 34.1 Å². The first-order valence-electron chi connectivity index (χ1n) is 5.76. The van der Waals surface area contributed by atoms with Crippen molar-refractivity contribution >= 4 is 0 Å². The van der Waals surface area contributed by atoms with Crippen molar-refractivity contribution in [2.75, 3.05) is 13.7 Å². The molecule has 0 saturated carbocycles. The van der Waals surface area contributed by atoms with E-state index in [4.69, 9.17) is 9.84 Å². The largest absolute Gasteiger partial charge is 0.497 e. The van der Waals surface area contributed by atoms with Crippen molar-refractivity contribution in [2.24, 2.45) is 5.92 Å². The monoisotopic (exact) mass is 224 g/mol. The lowest BCUT2D eigenvalue weighted by atomic mass is 10.1. The second-order valence-corrected chi connectivity index (χ2v) is 4.22. The summed E-state index contributed by atoms with van der Waals surface area (Å²) in [4.78, 5) is 0. The van der Waals surface area contributed by atoms with E-state index in [-0.39, 0.29) is 0 Å². The third-order valence-electron chi connectivity index (χ3n) is 2.44. The predicted molar refractivity (Wildman–Crippen MR) is 69.0 cm³/mol. The maximum absolute atomic E-state index is 8.33. The Kier molecular flexibility index (Phi) is 7.65. The third kappa shape index (κ3) is 6.46. The van der Waals surface area contributed by atoms with E-state index in [9.17, 15) is 0 Å². The van der Waals surface area contributed by atoms with Crippen molar-refractivity contribution in [3.8, 4) is 5.75 Å². The van der Waals surface area contributed by atoms with Gasteiger partial charge >= 0.3 is 0 Å². The van der Waals surface area contributed by atoms with Crippen LogP contribution in [0.25, 0.3) is 0 Å². The number of aryl methyl sites for hydroxylation is 2. The summed E-state index contributed by atoms with van der Waals surface area (Å²) in [5.41, 5.74) is 2.49. The molecule has 16 heavy (non-hydrogen) atoms. The van der Waals surface area contributed by atoms with Crippen LogP contribution in [-0.2, 0) is 0 Å². The number of hydrogen-bond acceptors (Lipinski definition) is 2. The van der Waals surface area contributed by atoms with Gasteiger partial charge < -0.3 is 9.84 Å². The number of hydrogen-bond donors (Lipinski definition) is 1. The van der Waals surface area contributed by atoms with Crippen molar-refractivity contribution < 1.29 is 9.84 Å². The molecule has 1 aromatic carbocycles. The fourth-order valence-corrected chi connectivity index (χ4v) is 1.18. The normalized spacial score (nSPS) is 11.4. The molecule has 0 aliphatic heterocycles. The zero-order valence-electron chi connectivity index (χ0n) is 11.1. The molecule has 0 bridgehead atoms. The Hall–Kier alpha value is -1.02. The van der Waals surface area contributed by atoms with Crippen molar-refractivity contribution in [3.63, 3.8) is 0 Å². The lowest BCUT2D eigenvalue weighted by Crippen LogP contribution is -1.96. The van der Waals surface area contributed by atoms with Gasteiger partial charge in [0.05, 0.1) is 7.11 Å². The summed E-state index contributed by atoms with van der Waals surface area (Å²) in [5.74, 6) is 1.43. The molecule has 0 radical (unpaired) electrons. The van der Waals surface area contributed by atoms with E-state index in [0.29, 0.717) is 12.5 Å². The number of ether oxygens (including phenoxy) is 1. The van der Waals surface area contributed by atoms with Crippen LogP contribution in [0.15, 0.2) is 18.2 Å². The Morgan fingerprint density at radius 2 is 1.69 bits per heavy atom. The highest BCUT2D eigenvalue weighted by molar-refractivity contribution is 5.32. The lowest BCUT2D eigenvalue weighted by molar-refractivity contribution is 0.234. The van der Waals surface area contributed by atoms with Gasteiger partial charge in [0, 0.05) is 6.61 Å². The van der Waals surface area contributed by atoms with Crippen molar-refractivity contribution in [1.82, 2.24) is 0 Å². The molecule has 0 aliphatic carbocycles. The van der Waals surface area contributed by atoms with Gasteiger partial charge in [-0.25, -0.2) is 0 Å². The summed E-state index contributed by atoms with van der Waals surface area (Å²) in [6.07, 6.45) is 1.08. The highest BCUT2D eigenvalue weighted by Gasteiger charge is 1.92. The van der Waals surface area contributed by atoms with Gasteiger partial charge in [-0.2, -0.15) is 0 Å². The van der Waals surface area contributed by atoms with Crippen molar-refractivity contribution in [3.05, 3.63) is 29.3 Å². The predicted octanol–water partition coefficient (Wildman–Crippen LogP) is 3.34. The Bertz CT molecular complexity index is 271. The van der Waals surface area contributed by atoms with E-state index in [1.807, 2.05) is 19.1 Å². The minimum atomic E-state index is 0.330. The molecule has 1 N–H and O–H groups in total. The summed E-state index contributed by atoms with van der Waals surface area (Å²) >= 11 is 0. The molecule has 0 aliphatic rings. The van der Waals surface area contributed by atoms with Crippen LogP contribution < -0.4 is 4.74 Å². The Balaban J connectivity index is 0.000000325. The van der Waals surface area contributed by atoms with Crippen LogP contribution in [0.3, 0.4) is 0 Å². The summed E-state index contributed by atoms with van der Waals surface area (Å²) in [5, 5.41) is 8.33. The Morgan fingerprint density at radius 3 is 1.94 bits per heavy atom. The molecule has 0 aromatic heterocycles. The SMILES string of the molecule is CCC(C)CO.COc1cc(C)cc(C)c1. The average molecular weight is 224 g/mol.